The lowest BCUT2D eigenvalue weighted by atomic mass is 10.2. The van der Waals surface area contributed by atoms with Crippen LogP contribution in [-0.2, 0) is 6.54 Å². The molecular formula is C12H17BrN4O. The van der Waals surface area contributed by atoms with Gasteiger partial charge < -0.3 is 10.4 Å². The van der Waals surface area contributed by atoms with Gasteiger partial charge in [-0.25, -0.2) is 9.97 Å². The van der Waals surface area contributed by atoms with Crippen molar-refractivity contribution >= 4 is 21.6 Å². The zero-order valence-corrected chi connectivity index (χ0v) is 11.9. The van der Waals surface area contributed by atoms with Crippen LogP contribution in [0.15, 0.2) is 23.2 Å². The molecule has 0 aromatic carbocycles. The topological polar surface area (TPSA) is 62.5 Å². The molecule has 0 saturated carbocycles. The molecule has 2 aromatic heterocycles. The average Bonchev–Trinajstić information content (AvgIpc) is 2.71. The van der Waals surface area contributed by atoms with Gasteiger partial charge in [-0.2, -0.15) is 0 Å². The summed E-state index contributed by atoms with van der Waals surface area (Å²) in [4.78, 5) is 8.42. The third-order valence-corrected chi connectivity index (χ3v) is 3.13. The van der Waals surface area contributed by atoms with E-state index in [9.17, 15) is 0 Å². The lowest BCUT2D eigenvalue weighted by Gasteiger charge is -2.06. The molecule has 5 nitrogen and oxygen atoms in total. The van der Waals surface area contributed by atoms with E-state index in [1.165, 1.54) is 0 Å². The Balaban J connectivity index is 1.89. The van der Waals surface area contributed by atoms with E-state index in [-0.39, 0.29) is 6.10 Å². The molecule has 0 saturated heterocycles. The van der Waals surface area contributed by atoms with Crippen LogP contribution in [0, 0.1) is 0 Å². The Labute approximate surface area is 114 Å². The summed E-state index contributed by atoms with van der Waals surface area (Å²) in [5.41, 5.74) is 1.95. The highest BCUT2D eigenvalue weighted by atomic mass is 79.9. The standard InChI is InChI=1S/C12H17BrN4O/c1-9(18)3-2-4-14-5-10-6-16-12-7-15-11(13)8-17(10)12/h6-9,14,18H,2-5H2,1H3. The minimum absolute atomic E-state index is 0.218. The predicted molar refractivity (Wildman–Crippen MR) is 73.3 cm³/mol. The smallest absolute Gasteiger partial charge is 0.155 e. The van der Waals surface area contributed by atoms with Crippen LogP contribution in [0.4, 0.5) is 0 Å². The van der Waals surface area contributed by atoms with Crippen molar-refractivity contribution in [2.45, 2.75) is 32.4 Å². The number of rotatable bonds is 6. The average molecular weight is 313 g/mol. The largest absolute Gasteiger partial charge is 0.393 e. The van der Waals surface area contributed by atoms with Crippen LogP contribution in [0.5, 0.6) is 0 Å². The van der Waals surface area contributed by atoms with Gasteiger partial charge in [0.15, 0.2) is 5.65 Å². The van der Waals surface area contributed by atoms with Gasteiger partial charge in [-0.15, -0.1) is 0 Å². The molecule has 98 valence electrons. The molecule has 1 unspecified atom stereocenters. The highest BCUT2D eigenvalue weighted by Crippen LogP contribution is 2.10. The number of aromatic nitrogens is 3. The van der Waals surface area contributed by atoms with Crippen LogP contribution in [0.25, 0.3) is 5.65 Å². The molecule has 0 aliphatic rings. The normalized spacial score (nSPS) is 13.1. The Morgan fingerprint density at radius 2 is 2.28 bits per heavy atom. The van der Waals surface area contributed by atoms with Gasteiger partial charge in [-0.3, -0.25) is 4.40 Å². The van der Waals surface area contributed by atoms with Crippen molar-refractivity contribution in [1.29, 1.82) is 0 Å². The summed E-state index contributed by atoms with van der Waals surface area (Å²) in [6, 6.07) is 0. The molecule has 2 rings (SSSR count). The maximum absolute atomic E-state index is 9.15. The molecule has 0 bridgehead atoms. The molecular weight excluding hydrogens is 296 g/mol. The number of nitrogens with one attached hydrogen (secondary N) is 1. The summed E-state index contributed by atoms with van der Waals surface area (Å²) in [7, 11) is 0. The summed E-state index contributed by atoms with van der Waals surface area (Å²) in [6.45, 7) is 3.47. The maximum atomic E-state index is 9.15. The van der Waals surface area contributed by atoms with Crippen molar-refractivity contribution in [3.8, 4) is 0 Å². The molecule has 2 N–H and O–H groups in total. The molecule has 2 aromatic rings. The number of hydrogen-bond acceptors (Lipinski definition) is 4. The molecule has 1 atom stereocenters. The fourth-order valence-corrected chi connectivity index (χ4v) is 2.09. The molecule has 6 heteroatoms. The molecule has 2 heterocycles. The number of hydrogen-bond donors (Lipinski definition) is 2. The van der Waals surface area contributed by atoms with E-state index in [2.05, 4.69) is 31.2 Å². The maximum Gasteiger partial charge on any atom is 0.155 e. The van der Waals surface area contributed by atoms with E-state index >= 15 is 0 Å². The fraction of sp³-hybridized carbons (Fsp3) is 0.500. The number of nitrogens with zero attached hydrogens (tertiary/aromatic N) is 3. The zero-order chi connectivity index (χ0) is 13.0. The molecule has 0 aliphatic carbocycles. The zero-order valence-electron chi connectivity index (χ0n) is 10.3. The van der Waals surface area contributed by atoms with Crippen molar-refractivity contribution < 1.29 is 5.11 Å². The van der Waals surface area contributed by atoms with E-state index in [0.29, 0.717) is 0 Å². The highest BCUT2D eigenvalue weighted by molar-refractivity contribution is 9.10. The Hall–Kier alpha value is -0.980. The fourth-order valence-electron chi connectivity index (χ4n) is 1.79. The molecule has 0 fully saturated rings. The summed E-state index contributed by atoms with van der Waals surface area (Å²) in [5, 5.41) is 12.5. The van der Waals surface area contributed by atoms with Gasteiger partial charge in [0.05, 0.1) is 24.2 Å². The van der Waals surface area contributed by atoms with Crippen LogP contribution in [0.3, 0.4) is 0 Å². The second-order valence-corrected chi connectivity index (χ2v) is 5.17. The Bertz CT molecular complexity index is 512. The molecule has 0 aliphatic heterocycles. The summed E-state index contributed by atoms with van der Waals surface area (Å²) >= 11 is 3.35. The molecule has 0 amide bonds. The third kappa shape index (κ3) is 3.51. The number of aliphatic hydroxyl groups excluding tert-OH is 1. The van der Waals surface area contributed by atoms with Gasteiger partial charge >= 0.3 is 0 Å². The Kier molecular flexibility index (Phi) is 4.68. The van der Waals surface area contributed by atoms with Gasteiger partial charge in [0.2, 0.25) is 0 Å². The Morgan fingerprint density at radius 1 is 1.44 bits per heavy atom. The second-order valence-electron chi connectivity index (χ2n) is 4.36. The summed E-state index contributed by atoms with van der Waals surface area (Å²) in [6.07, 6.45) is 7.08. The van der Waals surface area contributed by atoms with Gasteiger partial charge in [0.25, 0.3) is 0 Å². The third-order valence-electron chi connectivity index (χ3n) is 2.72. The SMILES string of the molecule is CC(O)CCCNCc1cnc2cnc(Br)cn12. The number of aliphatic hydroxyl groups is 1. The van der Waals surface area contributed by atoms with Gasteiger partial charge in [-0.1, -0.05) is 0 Å². The van der Waals surface area contributed by atoms with Crippen LogP contribution < -0.4 is 5.32 Å². The molecule has 0 radical (unpaired) electrons. The van der Waals surface area contributed by atoms with Crippen LogP contribution in [0.2, 0.25) is 0 Å². The van der Waals surface area contributed by atoms with Crippen molar-refractivity contribution in [2.75, 3.05) is 6.54 Å². The van der Waals surface area contributed by atoms with E-state index in [1.54, 1.807) is 6.20 Å². The monoisotopic (exact) mass is 312 g/mol. The first-order chi connectivity index (χ1) is 8.66. The van der Waals surface area contributed by atoms with Gasteiger partial charge in [0.1, 0.15) is 4.60 Å². The first-order valence-corrected chi connectivity index (χ1v) is 6.82. The predicted octanol–water partition coefficient (Wildman–Crippen LogP) is 1.74. The van der Waals surface area contributed by atoms with Gasteiger partial charge in [0, 0.05) is 12.7 Å². The van der Waals surface area contributed by atoms with E-state index < -0.39 is 0 Å². The highest BCUT2D eigenvalue weighted by Gasteiger charge is 2.03. The van der Waals surface area contributed by atoms with Crippen molar-refractivity contribution in [2.24, 2.45) is 0 Å². The first-order valence-electron chi connectivity index (χ1n) is 6.03. The lowest BCUT2D eigenvalue weighted by molar-refractivity contribution is 0.181. The van der Waals surface area contributed by atoms with Crippen molar-refractivity contribution in [3.05, 3.63) is 28.9 Å². The van der Waals surface area contributed by atoms with E-state index in [0.717, 1.165) is 41.9 Å². The van der Waals surface area contributed by atoms with E-state index in [4.69, 9.17) is 5.11 Å². The Morgan fingerprint density at radius 3 is 3.06 bits per heavy atom. The summed E-state index contributed by atoms with van der Waals surface area (Å²) < 4.78 is 2.81. The quantitative estimate of drug-likeness (QED) is 0.798. The number of halogens is 1. The second kappa shape index (κ2) is 6.26. The van der Waals surface area contributed by atoms with Crippen LogP contribution >= 0.6 is 15.9 Å². The van der Waals surface area contributed by atoms with Crippen LogP contribution in [0.1, 0.15) is 25.5 Å². The number of fused-ring (bicyclic) bond motifs is 1. The first kappa shape index (κ1) is 13.5. The minimum Gasteiger partial charge on any atom is -0.393 e. The van der Waals surface area contributed by atoms with Crippen molar-refractivity contribution in [3.63, 3.8) is 0 Å². The van der Waals surface area contributed by atoms with E-state index in [1.807, 2.05) is 23.7 Å². The minimum atomic E-state index is -0.218. The van der Waals surface area contributed by atoms with Gasteiger partial charge in [-0.05, 0) is 42.2 Å². The van der Waals surface area contributed by atoms with Crippen LogP contribution in [-0.4, -0.2) is 32.1 Å². The molecule has 0 spiro atoms. The summed E-state index contributed by atoms with van der Waals surface area (Å²) in [5.74, 6) is 0. The lowest BCUT2D eigenvalue weighted by Crippen LogP contribution is -2.17. The molecule has 18 heavy (non-hydrogen) atoms. The number of imidazole rings is 1. The van der Waals surface area contributed by atoms with Crippen molar-refractivity contribution in [1.82, 2.24) is 19.7 Å².